The van der Waals surface area contributed by atoms with Crippen LogP contribution in [0, 0.1) is 5.92 Å². The second kappa shape index (κ2) is 11.7. The first-order valence-electron chi connectivity index (χ1n) is 13.1. The molecule has 1 aromatic carbocycles. The third kappa shape index (κ3) is 7.52. The number of piperazine rings is 1. The van der Waals surface area contributed by atoms with Crippen molar-refractivity contribution >= 4 is 17.5 Å². The van der Waals surface area contributed by atoms with Crippen LogP contribution in [-0.2, 0) is 25.9 Å². The van der Waals surface area contributed by atoms with Gasteiger partial charge in [-0.05, 0) is 70.2 Å². The van der Waals surface area contributed by atoms with E-state index in [1.807, 2.05) is 45.1 Å². The van der Waals surface area contributed by atoms with Crippen molar-refractivity contribution in [2.45, 2.75) is 76.6 Å². The molecule has 2 aliphatic heterocycles. The van der Waals surface area contributed by atoms with E-state index < -0.39 is 17.6 Å². The zero-order valence-corrected chi connectivity index (χ0v) is 21.7. The number of nitrogens with zero attached hydrogens (tertiary/aromatic N) is 2. The number of nitrogens with one attached hydrogen (secondary N) is 2. The van der Waals surface area contributed by atoms with Gasteiger partial charge in [0.2, 0.25) is 11.8 Å². The molecule has 3 aliphatic rings. The van der Waals surface area contributed by atoms with Gasteiger partial charge in [0.25, 0.3) is 0 Å². The number of carbonyl (C=O) groups is 2. The Morgan fingerprint density at radius 3 is 2.64 bits per heavy atom. The highest BCUT2D eigenvalue weighted by molar-refractivity contribution is 5.87. The van der Waals surface area contributed by atoms with Crippen LogP contribution in [0.2, 0.25) is 0 Å². The average molecular weight is 500 g/mol. The van der Waals surface area contributed by atoms with Crippen LogP contribution in [0.5, 0.6) is 0 Å². The predicted molar refractivity (Wildman–Crippen MR) is 139 cm³/mol. The van der Waals surface area contributed by atoms with Crippen molar-refractivity contribution < 1.29 is 19.5 Å². The van der Waals surface area contributed by atoms with Crippen LogP contribution >= 0.6 is 0 Å². The van der Waals surface area contributed by atoms with E-state index in [1.165, 1.54) is 25.1 Å². The van der Waals surface area contributed by atoms with E-state index in [9.17, 15) is 9.59 Å². The highest BCUT2D eigenvalue weighted by atomic mass is 17.3. The van der Waals surface area contributed by atoms with Gasteiger partial charge < -0.3 is 16.0 Å². The molecular weight excluding hydrogens is 458 g/mol. The van der Waals surface area contributed by atoms with Gasteiger partial charge in [0.05, 0.1) is 11.6 Å². The zero-order valence-electron chi connectivity index (χ0n) is 21.7. The standard InChI is InChI=1S/C27H41N5O4/c1-27(2,3)35-36-30-21-9-6-20(15-21)17-25(33)29-24(26(28)34)16-19-7-10-22(11-8-19)32-14-13-31-12-4-5-23(31)18-32/h6-11,20-21,23-24,30H,4-5,12-18H2,1-3H3,(H2,28,34)(H,29,33)/t20-,21+,23?,24?/m0/s1. The molecule has 2 fully saturated rings. The van der Waals surface area contributed by atoms with Gasteiger partial charge in [0, 0.05) is 44.2 Å². The van der Waals surface area contributed by atoms with Gasteiger partial charge in [0.15, 0.2) is 0 Å². The number of carbonyl (C=O) groups excluding carboxylic acids is 2. The quantitative estimate of drug-likeness (QED) is 0.257. The van der Waals surface area contributed by atoms with E-state index in [-0.39, 0.29) is 24.3 Å². The lowest BCUT2D eigenvalue weighted by Gasteiger charge is -2.38. The maximum atomic E-state index is 12.7. The molecule has 1 aliphatic carbocycles. The molecule has 9 nitrogen and oxygen atoms in total. The van der Waals surface area contributed by atoms with Gasteiger partial charge in [0.1, 0.15) is 6.04 Å². The van der Waals surface area contributed by atoms with E-state index in [4.69, 9.17) is 15.6 Å². The van der Waals surface area contributed by atoms with E-state index in [0.29, 0.717) is 18.9 Å². The number of amides is 2. The van der Waals surface area contributed by atoms with Crippen molar-refractivity contribution in [3.8, 4) is 0 Å². The summed E-state index contributed by atoms with van der Waals surface area (Å²) in [5.74, 6) is -0.667. The number of fused-ring (bicyclic) bond motifs is 1. The number of allylic oxidation sites excluding steroid dienone is 1. The molecular formula is C27H41N5O4. The first-order chi connectivity index (χ1) is 17.2. The second-order valence-electron chi connectivity index (χ2n) is 11.3. The fourth-order valence-corrected chi connectivity index (χ4v) is 5.24. The molecule has 2 amide bonds. The molecule has 198 valence electrons. The topological polar surface area (TPSA) is 109 Å². The Morgan fingerprint density at radius 2 is 1.92 bits per heavy atom. The Labute approximate surface area is 214 Å². The highest BCUT2D eigenvalue weighted by Gasteiger charge is 2.30. The van der Waals surface area contributed by atoms with Crippen molar-refractivity contribution in [3.05, 3.63) is 42.0 Å². The van der Waals surface area contributed by atoms with Gasteiger partial charge in [-0.3, -0.25) is 14.5 Å². The number of benzene rings is 1. The summed E-state index contributed by atoms with van der Waals surface area (Å²) in [7, 11) is 0. The van der Waals surface area contributed by atoms with Gasteiger partial charge >= 0.3 is 0 Å². The SMILES string of the molecule is CC(C)(C)OON[C@@H]1C=C[C@H](CC(=O)NC(Cc2ccc(N3CCN4CCCC4C3)cc2)C(N)=O)C1. The molecule has 2 saturated heterocycles. The molecule has 36 heavy (non-hydrogen) atoms. The van der Waals surface area contributed by atoms with Crippen LogP contribution in [0.3, 0.4) is 0 Å². The van der Waals surface area contributed by atoms with E-state index in [2.05, 4.69) is 32.7 Å². The second-order valence-corrected chi connectivity index (χ2v) is 11.3. The maximum Gasteiger partial charge on any atom is 0.240 e. The summed E-state index contributed by atoms with van der Waals surface area (Å²) < 4.78 is 0. The fourth-order valence-electron chi connectivity index (χ4n) is 5.24. The molecule has 2 unspecified atom stereocenters. The van der Waals surface area contributed by atoms with Crippen molar-refractivity contribution in [2.75, 3.05) is 31.1 Å². The molecule has 2 heterocycles. The Morgan fingerprint density at radius 1 is 1.14 bits per heavy atom. The van der Waals surface area contributed by atoms with Crippen LogP contribution < -0.4 is 21.4 Å². The monoisotopic (exact) mass is 499 g/mol. The van der Waals surface area contributed by atoms with Crippen LogP contribution in [0.1, 0.15) is 52.0 Å². The summed E-state index contributed by atoms with van der Waals surface area (Å²) in [5.41, 5.74) is 10.2. The molecule has 0 saturated carbocycles. The van der Waals surface area contributed by atoms with E-state index in [1.54, 1.807) is 0 Å². The first kappa shape index (κ1) is 26.6. The molecule has 0 spiro atoms. The fraction of sp³-hybridized carbons (Fsp3) is 0.630. The van der Waals surface area contributed by atoms with E-state index in [0.717, 1.165) is 25.2 Å². The highest BCUT2D eigenvalue weighted by Crippen LogP contribution is 2.26. The molecule has 0 aromatic heterocycles. The molecule has 4 atom stereocenters. The third-order valence-electron chi connectivity index (χ3n) is 7.12. The average Bonchev–Trinajstić information content (AvgIpc) is 3.47. The predicted octanol–water partition coefficient (Wildman–Crippen LogP) is 2.07. The molecule has 0 radical (unpaired) electrons. The third-order valence-corrected chi connectivity index (χ3v) is 7.12. The smallest absolute Gasteiger partial charge is 0.240 e. The number of primary amides is 1. The lowest BCUT2D eigenvalue weighted by Crippen LogP contribution is -2.50. The molecule has 1 aromatic rings. The normalized spacial score (nSPS) is 25.1. The maximum absolute atomic E-state index is 12.7. The lowest BCUT2D eigenvalue weighted by molar-refractivity contribution is -0.387. The van der Waals surface area contributed by atoms with Gasteiger partial charge in [-0.25, -0.2) is 4.89 Å². The van der Waals surface area contributed by atoms with Crippen LogP contribution in [0.15, 0.2) is 36.4 Å². The Bertz CT molecular complexity index is 929. The van der Waals surface area contributed by atoms with Gasteiger partial charge in [-0.1, -0.05) is 24.3 Å². The van der Waals surface area contributed by atoms with Crippen molar-refractivity contribution in [1.29, 1.82) is 0 Å². The summed E-state index contributed by atoms with van der Waals surface area (Å²) in [6, 6.07) is 8.18. The number of nitrogens with two attached hydrogens (primary N) is 1. The lowest BCUT2D eigenvalue weighted by atomic mass is 10.0. The van der Waals surface area contributed by atoms with Gasteiger partial charge in [-0.2, -0.15) is 5.48 Å². The largest absolute Gasteiger partial charge is 0.369 e. The van der Waals surface area contributed by atoms with Crippen molar-refractivity contribution in [1.82, 2.24) is 15.7 Å². The van der Waals surface area contributed by atoms with E-state index >= 15 is 0 Å². The molecule has 9 heteroatoms. The minimum Gasteiger partial charge on any atom is -0.369 e. The Balaban J connectivity index is 1.23. The van der Waals surface area contributed by atoms with Crippen molar-refractivity contribution in [3.63, 3.8) is 0 Å². The summed E-state index contributed by atoms with van der Waals surface area (Å²) in [5, 5.41) is 2.83. The minimum atomic E-state index is -0.742. The minimum absolute atomic E-state index is 0.0350. The van der Waals surface area contributed by atoms with Gasteiger partial charge in [-0.15, -0.1) is 4.99 Å². The first-order valence-corrected chi connectivity index (χ1v) is 13.1. The number of hydrogen-bond acceptors (Lipinski definition) is 7. The Kier molecular flexibility index (Phi) is 8.66. The number of rotatable bonds is 10. The number of hydrogen-bond donors (Lipinski definition) is 3. The number of anilines is 1. The summed E-state index contributed by atoms with van der Waals surface area (Å²) in [6.45, 7) is 10.1. The van der Waals surface area contributed by atoms with Crippen molar-refractivity contribution in [2.24, 2.45) is 11.7 Å². The van der Waals surface area contributed by atoms with Crippen LogP contribution in [0.25, 0.3) is 0 Å². The number of hydroxylamine groups is 1. The molecule has 4 N–H and O–H groups in total. The summed E-state index contributed by atoms with van der Waals surface area (Å²) in [6.07, 6.45) is 7.89. The van der Waals surface area contributed by atoms with Crippen LogP contribution in [-0.4, -0.2) is 66.6 Å². The summed E-state index contributed by atoms with van der Waals surface area (Å²) in [4.78, 5) is 40.1. The Hall–Kier alpha value is -2.46. The van der Waals surface area contributed by atoms with Crippen LogP contribution in [0.4, 0.5) is 5.69 Å². The molecule has 4 rings (SSSR count). The zero-order chi connectivity index (χ0) is 25.7. The summed E-state index contributed by atoms with van der Waals surface area (Å²) >= 11 is 0. The molecule has 0 bridgehead atoms.